The van der Waals surface area contributed by atoms with Crippen LogP contribution in [0.1, 0.15) is 168 Å². The molecule has 1 amide bonds. The summed E-state index contributed by atoms with van der Waals surface area (Å²) in [5, 5.41) is 54.2. The van der Waals surface area contributed by atoms with Gasteiger partial charge in [0.25, 0.3) is 0 Å². The molecule has 73 heavy (non-hydrogen) atoms. The summed E-state index contributed by atoms with van der Waals surface area (Å²) in [7, 11) is 0. The molecule has 0 saturated carbocycles. The van der Waals surface area contributed by atoms with Crippen molar-refractivity contribution in [3.05, 3.63) is 170 Å². The molecule has 0 aromatic carbocycles. The predicted octanol–water partition coefficient (Wildman–Crippen LogP) is 13.8. The van der Waals surface area contributed by atoms with Crippen LogP contribution < -0.4 is 5.32 Å². The minimum absolute atomic E-state index is 0.221. The zero-order valence-corrected chi connectivity index (χ0v) is 45.1. The van der Waals surface area contributed by atoms with Crippen LogP contribution in [0, 0.1) is 0 Å². The number of carbonyl (C=O) groups is 1. The topological polar surface area (TPSA) is 149 Å². The lowest BCUT2D eigenvalue weighted by molar-refractivity contribution is -0.302. The number of allylic oxidation sites excluding steroid dienone is 27. The zero-order valence-electron chi connectivity index (χ0n) is 45.1. The van der Waals surface area contributed by atoms with Gasteiger partial charge in [0.2, 0.25) is 5.91 Å². The maximum Gasteiger partial charge on any atom is 0.220 e. The molecule has 0 aromatic heterocycles. The summed E-state index contributed by atoms with van der Waals surface area (Å²) < 4.78 is 11.2. The maximum absolute atomic E-state index is 13.0. The number of ether oxygens (including phenoxy) is 2. The van der Waals surface area contributed by atoms with E-state index in [0.29, 0.717) is 19.3 Å². The predicted molar refractivity (Wildman–Crippen MR) is 308 cm³/mol. The van der Waals surface area contributed by atoms with Crippen molar-refractivity contribution in [1.29, 1.82) is 0 Å². The van der Waals surface area contributed by atoms with Gasteiger partial charge in [0.15, 0.2) is 6.29 Å². The molecule has 0 aromatic rings. The molecule has 1 fully saturated rings. The van der Waals surface area contributed by atoms with E-state index in [1.807, 2.05) is 6.08 Å². The second kappa shape index (κ2) is 51.1. The van der Waals surface area contributed by atoms with Crippen molar-refractivity contribution in [3.63, 3.8) is 0 Å². The Hall–Kier alpha value is -4.45. The minimum atomic E-state index is -1.59. The molecule has 7 atom stereocenters. The average Bonchev–Trinajstić information content (AvgIpc) is 3.39. The van der Waals surface area contributed by atoms with Crippen molar-refractivity contribution in [3.8, 4) is 0 Å². The normalized spacial score (nSPS) is 20.5. The Labute approximate surface area is 443 Å². The van der Waals surface area contributed by atoms with Crippen LogP contribution in [0.25, 0.3) is 0 Å². The van der Waals surface area contributed by atoms with E-state index in [1.165, 1.54) is 0 Å². The number of nitrogens with one attached hydrogen (secondary N) is 1. The van der Waals surface area contributed by atoms with Gasteiger partial charge in [-0.25, -0.2) is 0 Å². The maximum atomic E-state index is 13.0. The van der Waals surface area contributed by atoms with E-state index in [0.717, 1.165) is 135 Å². The number of rotatable bonds is 44. The Balaban J connectivity index is 2.20. The number of carbonyl (C=O) groups excluding carboxylic acids is 1. The smallest absolute Gasteiger partial charge is 0.220 e. The standard InChI is InChI=1S/C64H99NO8/c1-3-5-7-9-11-13-15-16-17-18-19-20-21-22-23-24-25-26-27-28-29-30-31-32-33-34-35-36-37-38-39-40-41-42-44-46-48-50-52-54-60(68)65-57(56-72-64-63(71)62(70)61(69)59(55-66)73-64)58(67)53-51-49-47-45-43-14-12-10-8-6-4-2/h5,7-8,10-11,13,16-17,19-20,22-23,25-26,28-29,31-32,34-35,37-38,40-41,43,45,51,53,57-59,61-64,66-67,69-71H,3-4,6,9,12,14-15,18,21,24,27,30,33,36,39,42,44,46-50,52,54-56H2,1-2H3,(H,65,68)/b7-5-,10-8+,13-11-,17-16-,20-19-,23-22-,26-25-,29-28-,32-31-,35-34-,38-37-,41-40-,45-43+,53-51+. The number of aliphatic hydroxyl groups excluding tert-OH is 5. The summed E-state index contributed by atoms with van der Waals surface area (Å²) >= 11 is 0. The third kappa shape index (κ3) is 40.6. The Morgan fingerprint density at radius 2 is 0.863 bits per heavy atom. The van der Waals surface area contributed by atoms with Gasteiger partial charge in [-0.2, -0.15) is 0 Å². The Morgan fingerprint density at radius 3 is 1.30 bits per heavy atom. The molecule has 0 bridgehead atoms. The Kier molecular flexibility index (Phi) is 46.6. The van der Waals surface area contributed by atoms with Crippen LogP contribution in [-0.4, -0.2) is 87.5 Å². The first-order chi connectivity index (χ1) is 35.8. The van der Waals surface area contributed by atoms with Crippen LogP contribution in [0.15, 0.2) is 170 Å². The van der Waals surface area contributed by atoms with Crippen molar-refractivity contribution in [2.45, 2.75) is 211 Å². The highest BCUT2D eigenvalue weighted by Crippen LogP contribution is 2.22. The van der Waals surface area contributed by atoms with Gasteiger partial charge in [-0.05, 0) is 122 Å². The molecule has 1 aliphatic rings. The third-order valence-electron chi connectivity index (χ3n) is 11.7. The van der Waals surface area contributed by atoms with Crippen molar-refractivity contribution >= 4 is 5.91 Å². The number of amides is 1. The molecule has 9 heteroatoms. The molecule has 408 valence electrons. The molecule has 1 saturated heterocycles. The van der Waals surface area contributed by atoms with Gasteiger partial charge in [0.1, 0.15) is 24.4 Å². The molecular formula is C64H99NO8. The lowest BCUT2D eigenvalue weighted by atomic mass is 9.99. The van der Waals surface area contributed by atoms with E-state index < -0.39 is 49.5 Å². The van der Waals surface area contributed by atoms with E-state index in [9.17, 15) is 30.3 Å². The SMILES string of the molecule is CC/C=C\C/C=C\C/C=C\C/C=C\C/C=C\C/C=C\C/C=C\C/C=C\C/C=C\C/C=C\C/C=C\CCCCCCCC(=O)NC(COC1OC(CO)C(O)C(O)C1O)C(O)/C=C/CC/C=C/CC/C=C/CCC. The number of unbranched alkanes of at least 4 members (excludes halogenated alkanes) is 8. The minimum Gasteiger partial charge on any atom is -0.394 e. The third-order valence-corrected chi connectivity index (χ3v) is 11.7. The molecule has 0 aliphatic carbocycles. The first kappa shape index (κ1) is 66.6. The van der Waals surface area contributed by atoms with E-state index in [-0.39, 0.29) is 12.5 Å². The van der Waals surface area contributed by atoms with Crippen molar-refractivity contribution in [1.82, 2.24) is 5.32 Å². The first-order valence-corrected chi connectivity index (χ1v) is 27.9. The fourth-order valence-electron chi connectivity index (χ4n) is 7.37. The molecule has 0 radical (unpaired) electrons. The van der Waals surface area contributed by atoms with Crippen LogP contribution in [0.2, 0.25) is 0 Å². The zero-order chi connectivity index (χ0) is 52.9. The molecule has 1 rings (SSSR count). The fraction of sp³-hybridized carbons (Fsp3) is 0.547. The molecule has 1 heterocycles. The summed E-state index contributed by atoms with van der Waals surface area (Å²) in [5.41, 5.74) is 0. The highest BCUT2D eigenvalue weighted by atomic mass is 16.7. The molecule has 6 N–H and O–H groups in total. The van der Waals surface area contributed by atoms with E-state index in [4.69, 9.17) is 9.47 Å². The molecule has 0 spiro atoms. The molecule has 9 nitrogen and oxygen atoms in total. The van der Waals surface area contributed by atoms with Crippen LogP contribution in [-0.2, 0) is 14.3 Å². The second-order valence-electron chi connectivity index (χ2n) is 18.3. The van der Waals surface area contributed by atoms with Crippen LogP contribution in [0.3, 0.4) is 0 Å². The van der Waals surface area contributed by atoms with Gasteiger partial charge in [0.05, 0.1) is 25.4 Å². The van der Waals surface area contributed by atoms with Crippen LogP contribution in [0.4, 0.5) is 0 Å². The van der Waals surface area contributed by atoms with Crippen molar-refractivity contribution < 1.29 is 39.8 Å². The summed E-state index contributed by atoms with van der Waals surface area (Å²) in [4.78, 5) is 13.0. The molecule has 7 unspecified atom stereocenters. The van der Waals surface area contributed by atoms with Gasteiger partial charge in [0, 0.05) is 6.42 Å². The Bertz CT molecular complexity index is 1740. The van der Waals surface area contributed by atoms with Gasteiger partial charge in [-0.1, -0.05) is 210 Å². The van der Waals surface area contributed by atoms with Crippen molar-refractivity contribution in [2.75, 3.05) is 13.2 Å². The summed E-state index contributed by atoms with van der Waals surface area (Å²) in [6, 6.07) is -0.850. The average molecular weight is 1010 g/mol. The highest BCUT2D eigenvalue weighted by Gasteiger charge is 2.44. The van der Waals surface area contributed by atoms with Gasteiger partial charge >= 0.3 is 0 Å². The van der Waals surface area contributed by atoms with Gasteiger partial charge in [-0.3, -0.25) is 4.79 Å². The fourth-order valence-corrected chi connectivity index (χ4v) is 7.37. The lowest BCUT2D eigenvalue weighted by Crippen LogP contribution is -2.60. The highest BCUT2D eigenvalue weighted by molar-refractivity contribution is 5.76. The van der Waals surface area contributed by atoms with Crippen LogP contribution in [0.5, 0.6) is 0 Å². The molecular weight excluding hydrogens is 911 g/mol. The van der Waals surface area contributed by atoms with E-state index in [2.05, 4.69) is 177 Å². The summed E-state index contributed by atoms with van der Waals surface area (Å²) in [6.07, 6.45) is 75.7. The number of hydrogen-bond acceptors (Lipinski definition) is 8. The number of aliphatic hydroxyl groups is 5. The first-order valence-electron chi connectivity index (χ1n) is 27.9. The quantitative estimate of drug-likeness (QED) is 0.0261. The van der Waals surface area contributed by atoms with Crippen molar-refractivity contribution in [2.24, 2.45) is 0 Å². The Morgan fingerprint density at radius 1 is 0.479 bits per heavy atom. The number of hydrogen-bond donors (Lipinski definition) is 6. The van der Waals surface area contributed by atoms with Crippen LogP contribution >= 0.6 is 0 Å². The van der Waals surface area contributed by atoms with E-state index in [1.54, 1.807) is 6.08 Å². The van der Waals surface area contributed by atoms with E-state index >= 15 is 0 Å². The van der Waals surface area contributed by atoms with Gasteiger partial charge in [-0.15, -0.1) is 0 Å². The lowest BCUT2D eigenvalue weighted by Gasteiger charge is -2.40. The summed E-state index contributed by atoms with van der Waals surface area (Å²) in [5.74, 6) is -0.221. The monoisotopic (exact) mass is 1010 g/mol. The van der Waals surface area contributed by atoms with Gasteiger partial charge < -0.3 is 40.3 Å². The second-order valence-corrected chi connectivity index (χ2v) is 18.3. The molecule has 1 aliphatic heterocycles. The largest absolute Gasteiger partial charge is 0.394 e. The summed E-state index contributed by atoms with van der Waals surface area (Å²) in [6.45, 7) is 3.51.